The average Bonchev–Trinajstić information content (AvgIpc) is 2.29. The van der Waals surface area contributed by atoms with Gasteiger partial charge in [0.15, 0.2) is 0 Å². The molecule has 0 atom stereocenters. The molecule has 1 aliphatic heterocycles. The summed E-state index contributed by atoms with van der Waals surface area (Å²) < 4.78 is 5.32. The van der Waals surface area contributed by atoms with Gasteiger partial charge in [0.25, 0.3) is 0 Å². The highest BCUT2D eigenvalue weighted by Gasteiger charge is 2.08. The Hall–Kier alpha value is -0.120. The summed E-state index contributed by atoms with van der Waals surface area (Å²) in [5.41, 5.74) is 0. The Morgan fingerprint density at radius 3 is 2.50 bits per heavy atom. The Bertz CT molecular complexity index is 156. The smallest absolute Gasteiger partial charge is 0.0594 e. The third-order valence-electron chi connectivity index (χ3n) is 3.07. The molecule has 3 heteroatoms. The van der Waals surface area contributed by atoms with E-state index in [-0.39, 0.29) is 0 Å². The Balaban J connectivity index is 1.80. The molecule has 0 bridgehead atoms. The predicted octanol–water partition coefficient (Wildman–Crippen LogP) is 1.73. The largest absolute Gasteiger partial charge is 0.379 e. The molecule has 0 aromatic carbocycles. The van der Waals surface area contributed by atoms with E-state index < -0.39 is 0 Å². The maximum absolute atomic E-state index is 5.32. The molecule has 0 aliphatic carbocycles. The lowest BCUT2D eigenvalue weighted by atomic mass is 10.1. The van der Waals surface area contributed by atoms with Crippen molar-refractivity contribution in [1.82, 2.24) is 10.2 Å². The molecule has 96 valence electrons. The number of hydrogen-bond donors (Lipinski definition) is 1. The average molecular weight is 228 g/mol. The minimum Gasteiger partial charge on any atom is -0.379 e. The maximum atomic E-state index is 5.32. The number of rotatable bonds is 8. The molecule has 0 aromatic heterocycles. The van der Waals surface area contributed by atoms with Crippen LogP contribution in [0.2, 0.25) is 0 Å². The lowest BCUT2D eigenvalue weighted by molar-refractivity contribution is 0.0374. The fourth-order valence-corrected chi connectivity index (χ4v) is 2.01. The first-order chi connectivity index (χ1) is 7.79. The molecular weight excluding hydrogens is 200 g/mol. The van der Waals surface area contributed by atoms with E-state index in [1.165, 1.54) is 32.4 Å². The Labute approximate surface area is 101 Å². The summed E-state index contributed by atoms with van der Waals surface area (Å²) in [5.74, 6) is 0.843. The Morgan fingerprint density at radius 1 is 1.12 bits per heavy atom. The zero-order valence-corrected chi connectivity index (χ0v) is 11.0. The van der Waals surface area contributed by atoms with Gasteiger partial charge in [-0.2, -0.15) is 0 Å². The first-order valence-corrected chi connectivity index (χ1v) is 6.80. The van der Waals surface area contributed by atoms with Crippen molar-refractivity contribution in [3.05, 3.63) is 0 Å². The maximum Gasteiger partial charge on any atom is 0.0594 e. The van der Waals surface area contributed by atoms with Gasteiger partial charge in [-0.05, 0) is 44.8 Å². The number of nitrogens with one attached hydrogen (secondary N) is 1. The molecule has 0 spiro atoms. The molecule has 0 amide bonds. The topological polar surface area (TPSA) is 24.5 Å². The van der Waals surface area contributed by atoms with Gasteiger partial charge < -0.3 is 10.1 Å². The summed E-state index contributed by atoms with van der Waals surface area (Å²) in [5, 5.41) is 3.52. The van der Waals surface area contributed by atoms with Crippen molar-refractivity contribution >= 4 is 0 Å². The Kier molecular flexibility index (Phi) is 7.81. The fraction of sp³-hybridized carbons (Fsp3) is 1.00. The van der Waals surface area contributed by atoms with Crippen LogP contribution in [0.25, 0.3) is 0 Å². The van der Waals surface area contributed by atoms with E-state index >= 15 is 0 Å². The summed E-state index contributed by atoms with van der Waals surface area (Å²) in [4.78, 5) is 2.50. The third kappa shape index (κ3) is 7.20. The van der Waals surface area contributed by atoms with Gasteiger partial charge >= 0.3 is 0 Å². The van der Waals surface area contributed by atoms with Crippen molar-refractivity contribution in [3.63, 3.8) is 0 Å². The molecule has 1 fully saturated rings. The van der Waals surface area contributed by atoms with E-state index in [1.807, 2.05) is 0 Å². The summed E-state index contributed by atoms with van der Waals surface area (Å²) in [7, 11) is 0. The second kappa shape index (κ2) is 8.97. The first-order valence-electron chi connectivity index (χ1n) is 6.80. The molecule has 1 N–H and O–H groups in total. The number of hydrogen-bond acceptors (Lipinski definition) is 3. The number of ether oxygens (including phenoxy) is 1. The second-order valence-corrected chi connectivity index (χ2v) is 5.09. The first kappa shape index (κ1) is 13.9. The molecule has 3 nitrogen and oxygen atoms in total. The highest BCUT2D eigenvalue weighted by Crippen LogP contribution is 2.01. The molecule has 0 saturated carbocycles. The van der Waals surface area contributed by atoms with Crippen LogP contribution in [0.1, 0.15) is 33.1 Å². The van der Waals surface area contributed by atoms with Crippen molar-refractivity contribution in [2.45, 2.75) is 33.1 Å². The molecule has 1 aliphatic rings. The highest BCUT2D eigenvalue weighted by atomic mass is 16.5. The highest BCUT2D eigenvalue weighted by molar-refractivity contribution is 4.62. The van der Waals surface area contributed by atoms with Crippen molar-refractivity contribution in [2.75, 3.05) is 45.9 Å². The fourth-order valence-electron chi connectivity index (χ4n) is 2.01. The number of nitrogens with zero attached hydrogens (tertiary/aromatic N) is 1. The van der Waals surface area contributed by atoms with Crippen LogP contribution in [0.15, 0.2) is 0 Å². The van der Waals surface area contributed by atoms with Crippen molar-refractivity contribution in [1.29, 1.82) is 0 Å². The lowest BCUT2D eigenvalue weighted by Crippen LogP contribution is -2.37. The van der Waals surface area contributed by atoms with Gasteiger partial charge in [0.1, 0.15) is 0 Å². The molecule has 0 radical (unpaired) electrons. The number of morpholine rings is 1. The van der Waals surface area contributed by atoms with Gasteiger partial charge in [0, 0.05) is 13.1 Å². The molecule has 1 saturated heterocycles. The van der Waals surface area contributed by atoms with Gasteiger partial charge in [-0.1, -0.05) is 13.8 Å². The molecule has 16 heavy (non-hydrogen) atoms. The van der Waals surface area contributed by atoms with Crippen LogP contribution in [0.4, 0.5) is 0 Å². The van der Waals surface area contributed by atoms with Crippen LogP contribution in [0.5, 0.6) is 0 Å². The van der Waals surface area contributed by atoms with E-state index in [4.69, 9.17) is 4.74 Å². The van der Waals surface area contributed by atoms with Crippen molar-refractivity contribution < 1.29 is 4.74 Å². The minimum atomic E-state index is 0.843. The van der Waals surface area contributed by atoms with Gasteiger partial charge in [-0.3, -0.25) is 4.90 Å². The minimum absolute atomic E-state index is 0.843. The van der Waals surface area contributed by atoms with Crippen LogP contribution in [0, 0.1) is 5.92 Å². The van der Waals surface area contributed by atoms with E-state index in [9.17, 15) is 0 Å². The summed E-state index contributed by atoms with van der Waals surface area (Å²) in [6, 6.07) is 0. The zero-order valence-electron chi connectivity index (χ0n) is 11.0. The molecule has 1 heterocycles. The van der Waals surface area contributed by atoms with Gasteiger partial charge in [0.05, 0.1) is 13.2 Å². The van der Waals surface area contributed by atoms with Crippen molar-refractivity contribution in [2.24, 2.45) is 5.92 Å². The van der Waals surface area contributed by atoms with E-state index in [0.29, 0.717) is 0 Å². The second-order valence-electron chi connectivity index (χ2n) is 5.09. The van der Waals surface area contributed by atoms with Crippen LogP contribution < -0.4 is 5.32 Å². The lowest BCUT2D eigenvalue weighted by Gasteiger charge is -2.26. The standard InChI is InChI=1S/C13H28N2O/c1-13(2)5-3-6-14-7-4-8-15-9-11-16-12-10-15/h13-14H,3-12H2,1-2H3. The summed E-state index contributed by atoms with van der Waals surface area (Å²) in [6.07, 6.45) is 3.92. The monoisotopic (exact) mass is 228 g/mol. The molecule has 0 aromatic rings. The van der Waals surface area contributed by atoms with Gasteiger partial charge in [0.2, 0.25) is 0 Å². The van der Waals surface area contributed by atoms with Crippen molar-refractivity contribution in [3.8, 4) is 0 Å². The molecule has 1 rings (SSSR count). The van der Waals surface area contributed by atoms with Gasteiger partial charge in [-0.15, -0.1) is 0 Å². The van der Waals surface area contributed by atoms with Crippen LogP contribution in [-0.2, 0) is 4.74 Å². The van der Waals surface area contributed by atoms with E-state index in [0.717, 1.165) is 38.8 Å². The third-order valence-corrected chi connectivity index (χ3v) is 3.07. The summed E-state index contributed by atoms with van der Waals surface area (Å²) >= 11 is 0. The van der Waals surface area contributed by atoms with Crippen LogP contribution in [-0.4, -0.2) is 50.8 Å². The predicted molar refractivity (Wildman–Crippen MR) is 68.8 cm³/mol. The normalized spacial score (nSPS) is 18.2. The van der Waals surface area contributed by atoms with Crippen LogP contribution >= 0.6 is 0 Å². The van der Waals surface area contributed by atoms with E-state index in [1.54, 1.807) is 0 Å². The Morgan fingerprint density at radius 2 is 1.81 bits per heavy atom. The quantitative estimate of drug-likeness (QED) is 0.640. The van der Waals surface area contributed by atoms with Crippen LogP contribution in [0.3, 0.4) is 0 Å². The molecule has 0 unspecified atom stereocenters. The van der Waals surface area contributed by atoms with E-state index in [2.05, 4.69) is 24.1 Å². The van der Waals surface area contributed by atoms with Gasteiger partial charge in [-0.25, -0.2) is 0 Å². The SMILES string of the molecule is CC(C)CCCNCCCN1CCOCC1. The summed E-state index contributed by atoms with van der Waals surface area (Å²) in [6.45, 7) is 12.2. The molecular formula is C13H28N2O. The zero-order chi connectivity index (χ0) is 11.6.